The molecule has 0 bridgehead atoms. The molecule has 2 N–H and O–H groups in total. The maximum Gasteiger partial charge on any atom is 0.292 e. The second-order valence-corrected chi connectivity index (χ2v) is 7.03. The fraction of sp³-hybridized carbons (Fsp3) is 0.429. The third-order valence-electron chi connectivity index (χ3n) is 4.93. The molecular formula is C21H28N4O3. The summed E-state index contributed by atoms with van der Waals surface area (Å²) in [5.41, 5.74) is 2.87. The van der Waals surface area contributed by atoms with Crippen LogP contribution in [-0.4, -0.2) is 43.8 Å². The maximum atomic E-state index is 11.4. The minimum atomic E-state index is -0.350. The van der Waals surface area contributed by atoms with Crippen LogP contribution in [-0.2, 0) is 6.42 Å². The number of ether oxygens (including phenoxy) is 1. The summed E-state index contributed by atoms with van der Waals surface area (Å²) < 4.78 is 5.74. The molecule has 28 heavy (non-hydrogen) atoms. The van der Waals surface area contributed by atoms with Gasteiger partial charge in [0, 0.05) is 44.0 Å². The fourth-order valence-corrected chi connectivity index (χ4v) is 3.36. The predicted molar refractivity (Wildman–Crippen MR) is 113 cm³/mol. The van der Waals surface area contributed by atoms with Crippen molar-refractivity contribution in [2.24, 2.45) is 0 Å². The number of nitro groups is 1. The van der Waals surface area contributed by atoms with Gasteiger partial charge in [-0.15, -0.1) is 0 Å². The lowest BCUT2D eigenvalue weighted by Gasteiger charge is -2.33. The van der Waals surface area contributed by atoms with Crippen LogP contribution in [0.15, 0.2) is 42.5 Å². The van der Waals surface area contributed by atoms with Gasteiger partial charge in [0.15, 0.2) is 0 Å². The summed E-state index contributed by atoms with van der Waals surface area (Å²) in [7, 11) is 0. The summed E-state index contributed by atoms with van der Waals surface area (Å²) in [6.45, 7) is 7.84. The summed E-state index contributed by atoms with van der Waals surface area (Å²) in [4.78, 5) is 13.3. The van der Waals surface area contributed by atoms with Crippen LogP contribution in [0, 0.1) is 10.1 Å². The molecule has 0 aromatic heterocycles. The van der Waals surface area contributed by atoms with Gasteiger partial charge in [-0.25, -0.2) is 0 Å². The molecule has 2 aromatic carbocycles. The number of anilines is 2. The van der Waals surface area contributed by atoms with E-state index < -0.39 is 0 Å². The highest BCUT2D eigenvalue weighted by Crippen LogP contribution is 2.30. The molecule has 0 radical (unpaired) electrons. The molecule has 7 heteroatoms. The Balaban J connectivity index is 1.62. The maximum absolute atomic E-state index is 11.4. The van der Waals surface area contributed by atoms with E-state index in [1.165, 1.54) is 5.56 Å². The topological polar surface area (TPSA) is 79.7 Å². The van der Waals surface area contributed by atoms with Crippen molar-refractivity contribution < 1.29 is 9.66 Å². The molecule has 1 atom stereocenters. The minimum absolute atomic E-state index is 0.0826. The van der Waals surface area contributed by atoms with Gasteiger partial charge in [0.1, 0.15) is 18.0 Å². The SMILES string of the molecule is CCc1ccc(OCCNc2cc(N3CCN[C@@H](C)C3)ccc2[N+](=O)[O-])cc1. The zero-order valence-corrected chi connectivity index (χ0v) is 16.5. The monoisotopic (exact) mass is 384 g/mol. The lowest BCUT2D eigenvalue weighted by Crippen LogP contribution is -2.49. The van der Waals surface area contributed by atoms with Gasteiger partial charge in [-0.3, -0.25) is 10.1 Å². The first-order valence-electron chi connectivity index (χ1n) is 9.79. The van der Waals surface area contributed by atoms with Crippen LogP contribution in [0.25, 0.3) is 0 Å². The molecule has 1 fully saturated rings. The zero-order chi connectivity index (χ0) is 19.9. The van der Waals surface area contributed by atoms with Crippen molar-refractivity contribution in [1.82, 2.24) is 5.32 Å². The molecule has 0 aliphatic carbocycles. The Morgan fingerprint density at radius 3 is 2.75 bits per heavy atom. The van der Waals surface area contributed by atoms with Crippen molar-refractivity contribution in [3.8, 4) is 5.75 Å². The fourth-order valence-electron chi connectivity index (χ4n) is 3.36. The summed E-state index contributed by atoms with van der Waals surface area (Å²) in [6, 6.07) is 13.7. The lowest BCUT2D eigenvalue weighted by molar-refractivity contribution is -0.383. The highest BCUT2D eigenvalue weighted by Gasteiger charge is 2.20. The van der Waals surface area contributed by atoms with Gasteiger partial charge in [-0.05, 0) is 43.2 Å². The molecule has 1 aliphatic rings. The average molecular weight is 384 g/mol. The van der Waals surface area contributed by atoms with Gasteiger partial charge >= 0.3 is 0 Å². The first kappa shape index (κ1) is 19.9. The largest absolute Gasteiger partial charge is 0.492 e. The smallest absolute Gasteiger partial charge is 0.292 e. The van der Waals surface area contributed by atoms with Gasteiger partial charge in [0.25, 0.3) is 5.69 Å². The van der Waals surface area contributed by atoms with E-state index in [-0.39, 0.29) is 10.6 Å². The predicted octanol–water partition coefficient (Wildman–Crippen LogP) is 3.45. The van der Waals surface area contributed by atoms with E-state index in [9.17, 15) is 10.1 Å². The number of rotatable bonds is 8. The molecule has 1 heterocycles. The normalized spacial score (nSPS) is 16.6. The Morgan fingerprint density at radius 2 is 2.07 bits per heavy atom. The van der Waals surface area contributed by atoms with Crippen LogP contribution < -0.4 is 20.3 Å². The van der Waals surface area contributed by atoms with E-state index in [1.807, 2.05) is 36.4 Å². The Morgan fingerprint density at radius 1 is 1.29 bits per heavy atom. The Hall–Kier alpha value is -2.80. The van der Waals surface area contributed by atoms with Crippen molar-refractivity contribution in [1.29, 1.82) is 0 Å². The van der Waals surface area contributed by atoms with E-state index >= 15 is 0 Å². The van der Waals surface area contributed by atoms with Crippen LogP contribution in [0.5, 0.6) is 5.75 Å². The van der Waals surface area contributed by atoms with Crippen LogP contribution in [0.1, 0.15) is 19.4 Å². The first-order valence-corrected chi connectivity index (χ1v) is 9.79. The van der Waals surface area contributed by atoms with E-state index in [0.717, 1.165) is 37.5 Å². The van der Waals surface area contributed by atoms with Crippen molar-refractivity contribution in [3.63, 3.8) is 0 Å². The third-order valence-corrected chi connectivity index (χ3v) is 4.93. The molecule has 0 spiro atoms. The molecule has 1 aliphatic heterocycles. The second kappa shape index (κ2) is 9.41. The first-order chi connectivity index (χ1) is 13.6. The van der Waals surface area contributed by atoms with Crippen molar-refractivity contribution in [2.45, 2.75) is 26.3 Å². The molecule has 0 unspecified atom stereocenters. The Labute approximate surface area is 165 Å². The van der Waals surface area contributed by atoms with Crippen molar-refractivity contribution in [2.75, 3.05) is 43.0 Å². The van der Waals surface area contributed by atoms with Crippen LogP contribution in [0.4, 0.5) is 17.1 Å². The van der Waals surface area contributed by atoms with Gasteiger partial charge in [0.05, 0.1) is 4.92 Å². The number of nitro benzene ring substituents is 1. The number of nitrogens with one attached hydrogen (secondary N) is 2. The van der Waals surface area contributed by atoms with E-state index in [2.05, 4.69) is 29.4 Å². The summed E-state index contributed by atoms with van der Waals surface area (Å²) in [5, 5.41) is 18.0. The van der Waals surface area contributed by atoms with Crippen LogP contribution in [0.3, 0.4) is 0 Å². The number of hydrogen-bond donors (Lipinski definition) is 2. The molecule has 0 amide bonds. The third kappa shape index (κ3) is 5.13. The molecule has 2 aromatic rings. The van der Waals surface area contributed by atoms with Crippen LogP contribution >= 0.6 is 0 Å². The van der Waals surface area contributed by atoms with Gasteiger partial charge < -0.3 is 20.3 Å². The highest BCUT2D eigenvalue weighted by atomic mass is 16.6. The summed E-state index contributed by atoms with van der Waals surface area (Å²) in [5.74, 6) is 0.803. The minimum Gasteiger partial charge on any atom is -0.492 e. The van der Waals surface area contributed by atoms with Crippen molar-refractivity contribution in [3.05, 3.63) is 58.1 Å². The molecule has 150 valence electrons. The molecule has 7 nitrogen and oxygen atoms in total. The Kier molecular flexibility index (Phi) is 6.71. The second-order valence-electron chi connectivity index (χ2n) is 7.03. The number of benzene rings is 2. The lowest BCUT2D eigenvalue weighted by atomic mass is 10.1. The average Bonchev–Trinajstić information content (AvgIpc) is 2.71. The summed E-state index contributed by atoms with van der Waals surface area (Å²) >= 11 is 0. The Bertz CT molecular complexity index is 795. The van der Waals surface area contributed by atoms with Gasteiger partial charge in [-0.1, -0.05) is 19.1 Å². The molecule has 3 rings (SSSR count). The zero-order valence-electron chi connectivity index (χ0n) is 16.5. The summed E-state index contributed by atoms with van der Waals surface area (Å²) in [6.07, 6.45) is 0.994. The van der Waals surface area contributed by atoms with Gasteiger partial charge in [-0.2, -0.15) is 0 Å². The standard InChI is InChI=1S/C21H28N4O3/c1-3-17-4-7-19(8-5-17)28-13-11-23-20-14-18(6-9-21(20)25(26)27)24-12-10-22-16(2)15-24/h4-9,14,16,22-23H,3,10-13,15H2,1-2H3/t16-/m0/s1. The molecular weight excluding hydrogens is 356 g/mol. The van der Waals surface area contributed by atoms with Crippen LogP contribution in [0.2, 0.25) is 0 Å². The number of piperazine rings is 1. The highest BCUT2D eigenvalue weighted by molar-refractivity contribution is 5.69. The number of nitrogens with zero attached hydrogens (tertiary/aromatic N) is 2. The van der Waals surface area contributed by atoms with E-state index in [0.29, 0.717) is 24.9 Å². The van der Waals surface area contributed by atoms with E-state index in [1.54, 1.807) is 6.07 Å². The van der Waals surface area contributed by atoms with Gasteiger partial charge in [0.2, 0.25) is 0 Å². The van der Waals surface area contributed by atoms with Crippen molar-refractivity contribution >= 4 is 17.1 Å². The number of aryl methyl sites for hydroxylation is 1. The quantitative estimate of drug-likeness (QED) is 0.412. The van der Waals surface area contributed by atoms with E-state index in [4.69, 9.17) is 4.74 Å². The molecule has 0 saturated carbocycles. The number of hydrogen-bond acceptors (Lipinski definition) is 6. The molecule has 1 saturated heterocycles.